The molecule has 0 saturated carbocycles. The highest BCUT2D eigenvalue weighted by molar-refractivity contribution is 8.00. The summed E-state index contributed by atoms with van der Waals surface area (Å²) >= 11 is -0.130. The number of hydrogen-bond acceptors (Lipinski definition) is 3. The van der Waals surface area contributed by atoms with Crippen LogP contribution in [0, 0.1) is 6.92 Å². The fraction of sp³-hybridized carbons (Fsp3) is 0.200. The summed E-state index contributed by atoms with van der Waals surface area (Å²) in [6.07, 6.45) is 1.71. The van der Waals surface area contributed by atoms with E-state index in [0.29, 0.717) is 22.6 Å². The minimum atomic E-state index is -4.34. The van der Waals surface area contributed by atoms with Gasteiger partial charge in [-0.1, -0.05) is 18.2 Å². The first-order valence-corrected chi connectivity index (χ1v) is 7.31. The third-order valence-electron chi connectivity index (χ3n) is 3.20. The number of pyridine rings is 1. The van der Waals surface area contributed by atoms with Crippen molar-refractivity contribution in [3.05, 3.63) is 42.1 Å². The number of halogens is 3. The fourth-order valence-corrected chi connectivity index (χ4v) is 2.95. The van der Waals surface area contributed by atoms with Gasteiger partial charge in [0.15, 0.2) is 5.65 Å². The fourth-order valence-electron chi connectivity index (χ4n) is 2.28. The summed E-state index contributed by atoms with van der Waals surface area (Å²) in [7, 11) is 1.75. The molecular weight excluding hydrogens is 311 g/mol. The van der Waals surface area contributed by atoms with Crippen LogP contribution in [0.5, 0.6) is 0 Å². The normalized spacial score (nSPS) is 12.0. The number of imidazole rings is 1. The number of benzene rings is 1. The largest absolute Gasteiger partial charge is 0.446 e. The molecule has 0 saturated heterocycles. The molecule has 3 aromatic rings. The molecule has 0 amide bonds. The molecule has 0 unspecified atom stereocenters. The zero-order valence-corrected chi connectivity index (χ0v) is 12.7. The highest BCUT2D eigenvalue weighted by Gasteiger charge is 2.31. The number of thioether (sulfide) groups is 1. The Morgan fingerprint density at radius 3 is 2.64 bits per heavy atom. The van der Waals surface area contributed by atoms with Gasteiger partial charge in [0.2, 0.25) is 0 Å². The van der Waals surface area contributed by atoms with E-state index < -0.39 is 5.51 Å². The first kappa shape index (κ1) is 14.9. The molecule has 0 N–H and O–H groups in total. The summed E-state index contributed by atoms with van der Waals surface area (Å²) in [6, 6.07) is 8.25. The first-order valence-electron chi connectivity index (χ1n) is 6.49. The van der Waals surface area contributed by atoms with Gasteiger partial charge >= 0.3 is 5.51 Å². The summed E-state index contributed by atoms with van der Waals surface area (Å²) in [5, 5.41) is 0. The minimum Gasteiger partial charge on any atom is -0.312 e. The first-order chi connectivity index (χ1) is 10.3. The van der Waals surface area contributed by atoms with Crippen LogP contribution in [0.4, 0.5) is 13.2 Å². The summed E-state index contributed by atoms with van der Waals surface area (Å²) in [5.41, 5.74) is -1.62. The predicted molar refractivity (Wildman–Crippen MR) is 80.6 cm³/mol. The number of alkyl halides is 3. The van der Waals surface area contributed by atoms with E-state index in [1.807, 2.05) is 13.0 Å². The van der Waals surface area contributed by atoms with Crippen molar-refractivity contribution in [3.8, 4) is 11.4 Å². The molecule has 0 atom stereocenters. The second-order valence-corrected chi connectivity index (χ2v) is 6.00. The molecule has 2 heterocycles. The minimum absolute atomic E-state index is 0.130. The second-order valence-electron chi connectivity index (χ2n) is 4.89. The van der Waals surface area contributed by atoms with Gasteiger partial charge in [0, 0.05) is 23.7 Å². The maximum atomic E-state index is 12.7. The third kappa shape index (κ3) is 2.81. The Bertz CT molecular complexity index is 840. The van der Waals surface area contributed by atoms with Crippen molar-refractivity contribution >= 4 is 22.9 Å². The lowest BCUT2D eigenvalue weighted by molar-refractivity contribution is -0.0328. The molecule has 114 valence electrons. The topological polar surface area (TPSA) is 30.7 Å². The van der Waals surface area contributed by atoms with Gasteiger partial charge in [-0.05, 0) is 36.4 Å². The van der Waals surface area contributed by atoms with Crippen LogP contribution in [0.3, 0.4) is 0 Å². The number of aryl methyl sites for hydroxylation is 2. The van der Waals surface area contributed by atoms with Crippen LogP contribution in [-0.2, 0) is 7.05 Å². The molecule has 7 heteroatoms. The molecule has 0 aliphatic rings. The van der Waals surface area contributed by atoms with Gasteiger partial charge in [-0.2, -0.15) is 13.2 Å². The number of aromatic nitrogens is 3. The van der Waals surface area contributed by atoms with Crippen molar-refractivity contribution in [3.63, 3.8) is 0 Å². The summed E-state index contributed by atoms with van der Waals surface area (Å²) in [5.74, 6) is 0.473. The molecule has 0 spiro atoms. The Hall–Kier alpha value is -2.02. The molecule has 2 aromatic heterocycles. The van der Waals surface area contributed by atoms with Gasteiger partial charge < -0.3 is 4.57 Å². The van der Waals surface area contributed by atoms with Crippen LogP contribution in [-0.4, -0.2) is 20.0 Å². The van der Waals surface area contributed by atoms with Crippen LogP contribution in [0.25, 0.3) is 22.6 Å². The Kier molecular flexibility index (Phi) is 3.60. The zero-order chi connectivity index (χ0) is 15.9. The van der Waals surface area contributed by atoms with Crippen molar-refractivity contribution < 1.29 is 13.2 Å². The maximum absolute atomic E-state index is 12.7. The van der Waals surface area contributed by atoms with E-state index in [4.69, 9.17) is 0 Å². The molecule has 3 nitrogen and oxygen atoms in total. The Labute approximate surface area is 129 Å². The lowest BCUT2D eigenvalue weighted by Gasteiger charge is -2.10. The monoisotopic (exact) mass is 323 g/mol. The van der Waals surface area contributed by atoms with E-state index >= 15 is 0 Å². The quantitative estimate of drug-likeness (QED) is 0.648. The standard InChI is InChI=1S/C15H12F3N3S/c1-9-7-11-14(19-8-9)21(2)13(20-11)10-5-3-4-6-12(10)22-15(16,17)18/h3-8H,1-2H3. The van der Waals surface area contributed by atoms with E-state index in [9.17, 15) is 13.2 Å². The van der Waals surface area contributed by atoms with Gasteiger partial charge in [0.25, 0.3) is 0 Å². The highest BCUT2D eigenvalue weighted by Crippen LogP contribution is 2.41. The van der Waals surface area contributed by atoms with Crippen molar-refractivity contribution in [1.29, 1.82) is 0 Å². The molecule has 1 aromatic carbocycles. The lowest BCUT2D eigenvalue weighted by atomic mass is 10.2. The lowest BCUT2D eigenvalue weighted by Crippen LogP contribution is -2.01. The van der Waals surface area contributed by atoms with Crippen LogP contribution in [0.1, 0.15) is 5.56 Å². The van der Waals surface area contributed by atoms with Gasteiger partial charge in [-0.3, -0.25) is 0 Å². The molecule has 0 aliphatic carbocycles. The van der Waals surface area contributed by atoms with Gasteiger partial charge in [0.1, 0.15) is 11.3 Å². The second kappa shape index (κ2) is 5.31. The van der Waals surface area contributed by atoms with E-state index in [0.717, 1.165) is 5.56 Å². The van der Waals surface area contributed by atoms with Crippen molar-refractivity contribution in [2.75, 3.05) is 0 Å². The van der Waals surface area contributed by atoms with Gasteiger partial charge in [-0.15, -0.1) is 0 Å². The Morgan fingerprint density at radius 1 is 1.18 bits per heavy atom. The summed E-state index contributed by atoms with van der Waals surface area (Å²) in [4.78, 5) is 8.89. The van der Waals surface area contributed by atoms with Crippen LogP contribution < -0.4 is 0 Å². The molecular formula is C15H12F3N3S. The van der Waals surface area contributed by atoms with Gasteiger partial charge in [-0.25, -0.2) is 9.97 Å². The third-order valence-corrected chi connectivity index (χ3v) is 4.01. The van der Waals surface area contributed by atoms with E-state index in [-0.39, 0.29) is 16.7 Å². The highest BCUT2D eigenvalue weighted by atomic mass is 32.2. The van der Waals surface area contributed by atoms with Crippen LogP contribution >= 0.6 is 11.8 Å². The zero-order valence-electron chi connectivity index (χ0n) is 11.8. The Balaban J connectivity index is 2.18. The molecule has 0 aliphatic heterocycles. The smallest absolute Gasteiger partial charge is 0.312 e. The van der Waals surface area contributed by atoms with E-state index in [1.165, 1.54) is 6.07 Å². The van der Waals surface area contributed by atoms with Crippen molar-refractivity contribution in [2.24, 2.45) is 7.05 Å². The average molecular weight is 323 g/mol. The van der Waals surface area contributed by atoms with E-state index in [1.54, 1.807) is 36.0 Å². The molecule has 0 bridgehead atoms. The summed E-state index contributed by atoms with van der Waals surface area (Å²) in [6.45, 7) is 1.90. The number of fused-ring (bicyclic) bond motifs is 1. The number of hydrogen-bond donors (Lipinski definition) is 0. The maximum Gasteiger partial charge on any atom is 0.446 e. The molecule has 3 rings (SSSR count). The number of nitrogens with zero attached hydrogens (tertiary/aromatic N) is 3. The van der Waals surface area contributed by atoms with E-state index in [2.05, 4.69) is 9.97 Å². The molecule has 0 fully saturated rings. The van der Waals surface area contributed by atoms with Gasteiger partial charge in [0.05, 0.1) is 0 Å². The summed E-state index contributed by atoms with van der Waals surface area (Å²) < 4.78 is 39.9. The average Bonchev–Trinajstić information content (AvgIpc) is 2.74. The molecule has 22 heavy (non-hydrogen) atoms. The molecule has 0 radical (unpaired) electrons. The van der Waals surface area contributed by atoms with Crippen LogP contribution in [0.15, 0.2) is 41.4 Å². The Morgan fingerprint density at radius 2 is 1.91 bits per heavy atom. The number of rotatable bonds is 2. The SMILES string of the molecule is Cc1cnc2c(c1)nc(-c1ccccc1SC(F)(F)F)n2C. The van der Waals surface area contributed by atoms with Crippen LogP contribution in [0.2, 0.25) is 0 Å². The van der Waals surface area contributed by atoms with Crippen molar-refractivity contribution in [2.45, 2.75) is 17.3 Å². The van der Waals surface area contributed by atoms with Crippen molar-refractivity contribution in [1.82, 2.24) is 14.5 Å². The predicted octanol–water partition coefficient (Wildman–Crippen LogP) is 4.56.